The number of rotatable bonds is 9. The molecule has 4 rings (SSSR count). The number of carbonyl (C=O) groups excluding carboxylic acids is 2. The van der Waals surface area contributed by atoms with Gasteiger partial charge in [0.1, 0.15) is 11.8 Å². The van der Waals surface area contributed by atoms with E-state index in [9.17, 15) is 14.8 Å². The number of piperidine rings is 1. The molecule has 39 heavy (non-hydrogen) atoms. The Bertz CT molecular complexity index is 1310. The Kier molecular flexibility index (Phi) is 9.16. The highest BCUT2D eigenvalue weighted by atomic mass is 32.1. The molecule has 1 atom stereocenters. The van der Waals surface area contributed by atoms with Crippen molar-refractivity contribution < 1.29 is 24.0 Å². The second-order valence-corrected chi connectivity index (χ2v) is 10.6. The van der Waals surface area contributed by atoms with Crippen LogP contribution in [0, 0.1) is 25.2 Å². The van der Waals surface area contributed by atoms with E-state index < -0.39 is 0 Å². The van der Waals surface area contributed by atoms with Gasteiger partial charge in [-0.15, -0.1) is 0 Å². The molecule has 0 bridgehead atoms. The number of likely N-dealkylation sites (tertiary alicyclic amines) is 1. The third-order valence-electron chi connectivity index (χ3n) is 7.27. The molecule has 0 aromatic carbocycles. The number of hydrogen-bond acceptors (Lipinski definition) is 8. The average Bonchev–Trinajstić information content (AvgIpc) is 3.64. The highest BCUT2D eigenvalue weighted by Gasteiger charge is 2.30. The normalized spacial score (nSPS) is 14.9. The van der Waals surface area contributed by atoms with E-state index in [2.05, 4.69) is 33.0 Å². The maximum atomic E-state index is 13.1. The fourth-order valence-electron chi connectivity index (χ4n) is 5.04. The minimum Gasteiger partial charge on any atom is -0.363 e. The lowest BCUT2D eigenvalue weighted by Crippen LogP contribution is -2.50. The van der Waals surface area contributed by atoms with E-state index in [4.69, 9.17) is 9.78 Å². The van der Waals surface area contributed by atoms with Crippen LogP contribution in [-0.2, 0) is 6.54 Å². The minimum absolute atomic E-state index is 0.0862. The van der Waals surface area contributed by atoms with Crippen molar-refractivity contribution >= 4 is 29.1 Å². The number of aryl methyl sites for hydroxylation is 1. The van der Waals surface area contributed by atoms with Gasteiger partial charge in [0, 0.05) is 62.0 Å². The molecule has 3 aromatic heterocycles. The summed E-state index contributed by atoms with van der Waals surface area (Å²) in [4.78, 5) is 30.2. The average molecular weight is 553 g/mol. The van der Waals surface area contributed by atoms with Crippen LogP contribution in [0.25, 0.3) is 0 Å². The van der Waals surface area contributed by atoms with Crippen LogP contribution in [-0.4, -0.2) is 63.8 Å². The van der Waals surface area contributed by atoms with Crippen molar-refractivity contribution in [3.63, 3.8) is 0 Å². The van der Waals surface area contributed by atoms with Crippen molar-refractivity contribution in [3.05, 3.63) is 63.3 Å². The van der Waals surface area contributed by atoms with Gasteiger partial charge in [-0.1, -0.05) is 5.16 Å². The summed E-state index contributed by atoms with van der Waals surface area (Å²) >= 11 is 1.61. The summed E-state index contributed by atoms with van der Waals surface area (Å²) in [7, 11) is 0. The molecule has 11 nitrogen and oxygen atoms in total. The van der Waals surface area contributed by atoms with E-state index in [1.807, 2.05) is 22.4 Å². The summed E-state index contributed by atoms with van der Waals surface area (Å²) < 4.78 is 5.60. The first-order valence-corrected chi connectivity index (χ1v) is 13.9. The first-order valence-electron chi connectivity index (χ1n) is 13.0. The molecule has 3 aromatic rings. The van der Waals surface area contributed by atoms with Gasteiger partial charge in [-0.05, 0) is 61.1 Å². The summed E-state index contributed by atoms with van der Waals surface area (Å²) in [6.45, 7) is 8.21. The van der Waals surface area contributed by atoms with Crippen molar-refractivity contribution in [2.24, 2.45) is 0 Å². The Morgan fingerprint density at radius 1 is 1.36 bits per heavy atom. The number of carbonyl (C=O) groups is 2. The highest BCUT2D eigenvalue weighted by molar-refractivity contribution is 7.07. The predicted molar refractivity (Wildman–Crippen MR) is 144 cm³/mol. The number of nitrogens with one attached hydrogen (secondary N) is 2. The van der Waals surface area contributed by atoms with Crippen LogP contribution in [0.4, 0.5) is 10.6 Å². The standard InChI is InChI=1S/C27H33N7O4S/c1-18-14-23(15-28)34(37)20(3)25(18)26(35)29-9-4-19(2)32-10-5-22(6-11-32)33(16-21-8-13-39-17-21)27(36)30-24-7-12-38-31-24/h7-8,12-14,17,19,22H,4-6,9-11,16H2,1-3H3,(H2-,29,30,31,35,36,37)/p+1/t19-/m1/s1. The zero-order valence-corrected chi connectivity index (χ0v) is 23.2. The second kappa shape index (κ2) is 12.7. The molecule has 4 heterocycles. The van der Waals surface area contributed by atoms with Gasteiger partial charge in [-0.2, -0.15) is 16.6 Å². The number of aromatic nitrogens is 2. The highest BCUT2D eigenvalue weighted by Crippen LogP contribution is 2.23. The summed E-state index contributed by atoms with van der Waals surface area (Å²) in [5.74, 6) is 0.119. The van der Waals surface area contributed by atoms with Crippen molar-refractivity contribution in [2.45, 2.75) is 58.7 Å². The van der Waals surface area contributed by atoms with Crippen molar-refractivity contribution in [1.82, 2.24) is 20.3 Å². The van der Waals surface area contributed by atoms with E-state index in [0.717, 1.165) is 42.6 Å². The molecule has 0 saturated carbocycles. The molecule has 0 spiro atoms. The SMILES string of the molecule is Cc1cc(C#N)[n+](O)c(C)c1C(=O)NCC[C@@H](C)N1CCC(N(Cc2ccsc2)C(=O)Nc2ccon2)CC1. The zero-order valence-electron chi connectivity index (χ0n) is 22.4. The van der Waals surface area contributed by atoms with Crippen LogP contribution < -0.4 is 15.4 Å². The number of nitrogens with zero attached hydrogens (tertiary/aromatic N) is 5. The first kappa shape index (κ1) is 28.1. The molecule has 1 aliphatic rings. The lowest BCUT2D eigenvalue weighted by Gasteiger charge is -2.40. The van der Waals surface area contributed by atoms with Crippen molar-refractivity contribution in [2.75, 3.05) is 25.0 Å². The van der Waals surface area contributed by atoms with Crippen molar-refractivity contribution in [3.8, 4) is 6.07 Å². The zero-order chi connectivity index (χ0) is 27.9. The smallest absolute Gasteiger partial charge is 0.333 e. The van der Waals surface area contributed by atoms with Gasteiger partial charge in [0.05, 0.1) is 0 Å². The van der Waals surface area contributed by atoms with Crippen LogP contribution in [0.15, 0.2) is 39.7 Å². The van der Waals surface area contributed by atoms with Crippen molar-refractivity contribution in [1.29, 1.82) is 5.26 Å². The van der Waals surface area contributed by atoms with Crippen LogP contribution in [0.2, 0.25) is 0 Å². The lowest BCUT2D eigenvalue weighted by molar-refractivity contribution is -0.910. The molecular weight excluding hydrogens is 518 g/mol. The Morgan fingerprint density at radius 2 is 2.13 bits per heavy atom. The lowest BCUT2D eigenvalue weighted by atomic mass is 10.0. The van der Waals surface area contributed by atoms with E-state index in [-0.39, 0.29) is 29.7 Å². The van der Waals surface area contributed by atoms with Gasteiger partial charge >= 0.3 is 11.7 Å². The largest absolute Gasteiger partial charge is 0.363 e. The predicted octanol–water partition coefficient (Wildman–Crippen LogP) is 3.46. The molecular formula is C27H34N7O4S+. The van der Waals surface area contributed by atoms with Gasteiger partial charge < -0.3 is 19.6 Å². The monoisotopic (exact) mass is 552 g/mol. The van der Waals surface area contributed by atoms with Crippen LogP contribution in [0.3, 0.4) is 0 Å². The molecule has 12 heteroatoms. The summed E-state index contributed by atoms with van der Waals surface area (Å²) in [5, 5.41) is 32.9. The fraction of sp³-hybridized carbons (Fsp3) is 0.444. The van der Waals surface area contributed by atoms with Crippen LogP contribution in [0.1, 0.15) is 59.1 Å². The molecule has 1 saturated heterocycles. The van der Waals surface area contributed by atoms with E-state index >= 15 is 0 Å². The number of nitriles is 1. The summed E-state index contributed by atoms with van der Waals surface area (Å²) in [5.41, 5.74) is 2.53. The fourth-order valence-corrected chi connectivity index (χ4v) is 5.70. The third-order valence-corrected chi connectivity index (χ3v) is 8.01. The second-order valence-electron chi connectivity index (χ2n) is 9.83. The van der Waals surface area contributed by atoms with Gasteiger partial charge in [0.15, 0.2) is 11.9 Å². The van der Waals surface area contributed by atoms with Gasteiger partial charge in [0.2, 0.25) is 5.69 Å². The number of thiophene rings is 1. The molecule has 3 amide bonds. The van der Waals surface area contributed by atoms with Gasteiger partial charge in [0.25, 0.3) is 5.91 Å². The summed E-state index contributed by atoms with van der Waals surface area (Å²) in [6, 6.07) is 7.22. The van der Waals surface area contributed by atoms with E-state index in [0.29, 0.717) is 35.7 Å². The third kappa shape index (κ3) is 6.74. The Morgan fingerprint density at radius 3 is 2.77 bits per heavy atom. The van der Waals surface area contributed by atoms with Crippen LogP contribution in [0.5, 0.6) is 0 Å². The molecule has 206 valence electrons. The first-order chi connectivity index (χ1) is 18.8. The van der Waals surface area contributed by atoms with Gasteiger partial charge in [-0.3, -0.25) is 15.3 Å². The molecule has 3 N–H and O–H groups in total. The maximum Gasteiger partial charge on any atom is 0.333 e. The number of hydrogen-bond donors (Lipinski definition) is 3. The number of pyridine rings is 1. The number of amides is 3. The Hall–Kier alpha value is -3.95. The maximum absolute atomic E-state index is 13.1. The summed E-state index contributed by atoms with van der Waals surface area (Å²) in [6.07, 6.45) is 3.87. The molecule has 0 radical (unpaired) electrons. The van der Waals surface area contributed by atoms with E-state index in [1.165, 1.54) is 12.3 Å². The van der Waals surface area contributed by atoms with Crippen LogP contribution >= 0.6 is 11.3 Å². The molecule has 1 fully saturated rings. The van der Waals surface area contributed by atoms with E-state index in [1.54, 1.807) is 31.3 Å². The Balaban J connectivity index is 1.29. The Labute approximate surface area is 231 Å². The number of anilines is 1. The minimum atomic E-state index is -0.273. The molecule has 0 unspecified atom stereocenters. The van der Waals surface area contributed by atoms with Gasteiger partial charge in [-0.25, -0.2) is 4.79 Å². The topological polar surface area (TPSA) is 139 Å². The molecule has 1 aliphatic heterocycles. The quantitative estimate of drug-likeness (QED) is 0.273. The molecule has 0 aliphatic carbocycles. The number of urea groups is 1.